The Bertz CT molecular complexity index is 674. The van der Waals surface area contributed by atoms with Gasteiger partial charge in [0.2, 0.25) is 0 Å². The predicted octanol–water partition coefficient (Wildman–Crippen LogP) is 6.32. The third-order valence-corrected chi connectivity index (χ3v) is 7.78. The number of nitrogens with zero attached hydrogens (tertiary/aromatic N) is 1. The van der Waals surface area contributed by atoms with Crippen LogP contribution in [-0.2, 0) is 0 Å². The third-order valence-electron chi connectivity index (χ3n) is 4.00. The monoisotopic (exact) mass is 334 g/mol. The van der Waals surface area contributed by atoms with Crippen molar-refractivity contribution in [1.82, 2.24) is 0 Å². The molecule has 2 aromatic rings. The zero-order valence-corrected chi connectivity index (χ0v) is 15.7. The van der Waals surface area contributed by atoms with Crippen molar-refractivity contribution in [1.29, 1.82) is 0 Å². The number of hydrogen-bond donors (Lipinski definition) is 0. The summed E-state index contributed by atoms with van der Waals surface area (Å²) in [7, 11) is -0.615. The van der Waals surface area contributed by atoms with Crippen LogP contribution in [0, 0.1) is 11.0 Å². The topological polar surface area (TPSA) is 26.3 Å². The van der Waals surface area contributed by atoms with Crippen LogP contribution >= 0.6 is 7.92 Å². The Hall–Kier alpha value is -1.18. The van der Waals surface area contributed by atoms with E-state index in [1.165, 1.54) is 0 Å². The zero-order chi connectivity index (χ0) is 17.4. The van der Waals surface area contributed by atoms with E-state index < -0.39 is 13.7 Å². The van der Waals surface area contributed by atoms with E-state index in [4.69, 9.17) is 0 Å². The summed E-state index contributed by atoms with van der Waals surface area (Å²) in [6, 6.07) is 10.7. The van der Waals surface area contributed by atoms with Crippen molar-refractivity contribution in [2.24, 2.45) is 0 Å². The minimum Gasteiger partial charge on any atom is -0.758 e. The fourth-order valence-corrected chi connectivity index (χ4v) is 6.32. The molecule has 0 heterocycles. The van der Waals surface area contributed by atoms with Gasteiger partial charge in [0.25, 0.3) is 0 Å². The summed E-state index contributed by atoms with van der Waals surface area (Å²) >= 11 is 0. The van der Waals surface area contributed by atoms with Crippen LogP contribution in [0.4, 0.5) is 10.1 Å². The van der Waals surface area contributed by atoms with Crippen LogP contribution in [0.3, 0.4) is 0 Å². The molecule has 2 aromatic carbocycles. The van der Waals surface area contributed by atoms with E-state index in [1.54, 1.807) is 18.2 Å². The van der Waals surface area contributed by atoms with E-state index in [-0.39, 0.29) is 16.0 Å². The Balaban J connectivity index is 2.37. The van der Waals surface area contributed by atoms with Gasteiger partial charge in [-0.2, -0.15) is 0 Å². The molecule has 2 rings (SSSR count). The van der Waals surface area contributed by atoms with Crippen LogP contribution in [0.1, 0.15) is 41.5 Å². The minimum absolute atomic E-state index is 0.0313. The highest BCUT2D eigenvalue weighted by molar-refractivity contribution is 7.60. The fourth-order valence-electron chi connectivity index (χ4n) is 3.05. The predicted molar refractivity (Wildman–Crippen MR) is 101 cm³/mol. The van der Waals surface area contributed by atoms with Gasteiger partial charge in [0.15, 0.2) is 5.82 Å². The molecule has 0 fully saturated rings. The van der Waals surface area contributed by atoms with E-state index in [1.807, 2.05) is 18.2 Å². The van der Waals surface area contributed by atoms with Crippen LogP contribution < -0.4 is 5.06 Å². The maximum absolute atomic E-state index is 14.7. The quantitative estimate of drug-likeness (QED) is 0.485. The molecule has 4 heteroatoms. The van der Waals surface area contributed by atoms with Crippen molar-refractivity contribution < 1.29 is 4.39 Å². The first-order chi connectivity index (χ1) is 10.5. The molecule has 126 valence electrons. The number of fused-ring (bicyclic) bond motifs is 1. The van der Waals surface area contributed by atoms with Gasteiger partial charge < -0.3 is 10.3 Å². The molecule has 0 saturated carbocycles. The molecule has 0 N–H and O–H groups in total. The Morgan fingerprint density at radius 2 is 1.52 bits per heavy atom. The van der Waals surface area contributed by atoms with Crippen molar-refractivity contribution in [2.75, 3.05) is 11.3 Å². The number of rotatable bonds is 3. The molecule has 0 atom stereocenters. The molecule has 0 saturated heterocycles. The Labute approximate surface area is 140 Å². The number of hydrogen-bond acceptors (Lipinski definition) is 2. The molecule has 2 nitrogen and oxygen atoms in total. The second-order valence-electron chi connectivity index (χ2n) is 7.91. The van der Waals surface area contributed by atoms with Crippen molar-refractivity contribution in [3.05, 3.63) is 47.4 Å². The maximum Gasteiger partial charge on any atom is 0.153 e. The van der Waals surface area contributed by atoms with E-state index in [0.717, 1.165) is 10.4 Å². The molecule has 0 spiro atoms. The van der Waals surface area contributed by atoms with E-state index in [9.17, 15) is 9.60 Å². The molecule has 0 bridgehead atoms. The fraction of sp³-hybridized carbons (Fsp3) is 0.474. The highest BCUT2D eigenvalue weighted by Crippen LogP contribution is 2.59. The van der Waals surface area contributed by atoms with Gasteiger partial charge in [0, 0.05) is 11.7 Å². The van der Waals surface area contributed by atoms with Gasteiger partial charge in [-0.1, -0.05) is 79.8 Å². The summed E-state index contributed by atoms with van der Waals surface area (Å²) in [5, 5.41) is 14.9. The molecule has 0 amide bonds. The van der Waals surface area contributed by atoms with Crippen LogP contribution in [0.5, 0.6) is 0 Å². The Morgan fingerprint density at radius 1 is 0.957 bits per heavy atom. The summed E-state index contributed by atoms with van der Waals surface area (Å²) < 4.78 is 14.7. The Kier molecular flexibility index (Phi) is 5.03. The van der Waals surface area contributed by atoms with Gasteiger partial charge in [-0.15, -0.1) is 0 Å². The summed E-state index contributed by atoms with van der Waals surface area (Å²) in [5.74, 6) is -0.420. The summed E-state index contributed by atoms with van der Waals surface area (Å²) in [6.07, 6.45) is 0.345. The van der Waals surface area contributed by atoms with E-state index in [0.29, 0.717) is 11.7 Å². The maximum atomic E-state index is 14.7. The van der Waals surface area contributed by atoms with Crippen molar-refractivity contribution in [3.63, 3.8) is 0 Å². The van der Waals surface area contributed by atoms with Gasteiger partial charge in [-0.05, 0) is 21.8 Å². The molecule has 0 aliphatic carbocycles. The molecular formula is C19H26FNOP-. The molecule has 0 aromatic heterocycles. The van der Waals surface area contributed by atoms with Crippen LogP contribution in [-0.4, -0.2) is 16.6 Å². The molecule has 0 radical (unpaired) electrons. The molecule has 0 aliphatic rings. The normalized spacial score (nSPS) is 12.9. The average molecular weight is 334 g/mol. The zero-order valence-electron chi connectivity index (χ0n) is 14.9. The first-order valence-electron chi connectivity index (χ1n) is 7.91. The van der Waals surface area contributed by atoms with Crippen LogP contribution in [0.15, 0.2) is 36.4 Å². The lowest BCUT2D eigenvalue weighted by Gasteiger charge is -2.46. The number of benzene rings is 2. The highest BCUT2D eigenvalue weighted by atomic mass is 31.1. The van der Waals surface area contributed by atoms with Gasteiger partial charge in [-0.25, -0.2) is 4.39 Å². The average Bonchev–Trinajstić information content (AvgIpc) is 2.42. The highest BCUT2D eigenvalue weighted by Gasteiger charge is 2.34. The number of anilines is 1. The molecule has 0 aliphatic heterocycles. The summed E-state index contributed by atoms with van der Waals surface area (Å²) in [4.78, 5) is 0. The lowest BCUT2D eigenvalue weighted by molar-refractivity contribution is 0.637. The second kappa shape index (κ2) is 6.37. The lowest BCUT2D eigenvalue weighted by Crippen LogP contribution is -2.32. The van der Waals surface area contributed by atoms with Crippen molar-refractivity contribution in [2.45, 2.75) is 51.9 Å². The third kappa shape index (κ3) is 4.02. The standard InChI is InChI=1S/C19H26FNOP/c1-18(2,3)23(19(4,5)6)13-21(22)16-12-11-14-9-7-8-10-15(14)17(16)20/h7-12H,13H2,1-6H3/q-1. The second-order valence-corrected chi connectivity index (χ2v) is 11.7. The van der Waals surface area contributed by atoms with E-state index >= 15 is 0 Å². The summed E-state index contributed by atoms with van der Waals surface area (Å²) in [5.41, 5.74) is 0.143. The first-order valence-corrected chi connectivity index (χ1v) is 9.44. The number of hydroxylamine groups is 1. The lowest BCUT2D eigenvalue weighted by atomic mass is 10.1. The van der Waals surface area contributed by atoms with Gasteiger partial charge in [0.05, 0.1) is 5.69 Å². The molecule has 23 heavy (non-hydrogen) atoms. The van der Waals surface area contributed by atoms with Crippen molar-refractivity contribution in [3.8, 4) is 0 Å². The first kappa shape index (κ1) is 18.2. The number of halogens is 1. The smallest absolute Gasteiger partial charge is 0.153 e. The van der Waals surface area contributed by atoms with Gasteiger partial charge in [-0.3, -0.25) is 0 Å². The SMILES string of the molecule is CC(C)(C)P(CN([O-])c1ccc2ccccc2c1F)C(C)(C)C. The van der Waals surface area contributed by atoms with E-state index in [2.05, 4.69) is 41.5 Å². The van der Waals surface area contributed by atoms with Gasteiger partial charge >= 0.3 is 0 Å². The van der Waals surface area contributed by atoms with Crippen LogP contribution in [0.25, 0.3) is 10.8 Å². The molecular weight excluding hydrogens is 308 g/mol. The largest absolute Gasteiger partial charge is 0.758 e. The van der Waals surface area contributed by atoms with Crippen LogP contribution in [0.2, 0.25) is 0 Å². The Morgan fingerprint density at radius 3 is 2.09 bits per heavy atom. The van der Waals surface area contributed by atoms with Gasteiger partial charge in [0.1, 0.15) is 0 Å². The molecule has 0 unspecified atom stereocenters. The summed E-state index contributed by atoms with van der Waals surface area (Å²) in [6.45, 7) is 13.0. The van der Waals surface area contributed by atoms with Crippen molar-refractivity contribution >= 4 is 24.4 Å². The minimum atomic E-state index is -0.615.